The molecule has 0 spiro atoms. The largest absolute Gasteiger partial charge is 0.345 e. The maximum Gasteiger partial charge on any atom is 0.252 e. The fraction of sp³-hybridized carbons (Fsp3) is 0.286. The molecule has 3 aromatic rings. The molecule has 4 rings (SSSR count). The van der Waals surface area contributed by atoms with Crippen molar-refractivity contribution in [1.82, 2.24) is 20.2 Å². The van der Waals surface area contributed by atoms with Crippen molar-refractivity contribution in [3.63, 3.8) is 0 Å². The zero-order chi connectivity index (χ0) is 19.3. The van der Waals surface area contributed by atoms with Crippen LogP contribution in [0.1, 0.15) is 29.0 Å². The Morgan fingerprint density at radius 3 is 2.64 bits per heavy atom. The van der Waals surface area contributed by atoms with E-state index < -0.39 is 0 Å². The van der Waals surface area contributed by atoms with E-state index in [0.29, 0.717) is 23.7 Å². The number of rotatable bonds is 6. The monoisotopic (exact) mass is 394 g/mol. The Hall–Kier alpha value is -2.80. The summed E-state index contributed by atoms with van der Waals surface area (Å²) in [7, 11) is 0. The number of likely N-dealkylation sites (tertiary alicyclic amines) is 1. The molecule has 2 aromatic carbocycles. The molecule has 1 saturated heterocycles. The number of benzene rings is 2. The number of nitrogens with zero attached hydrogens (tertiary/aromatic N) is 2. The van der Waals surface area contributed by atoms with Gasteiger partial charge in [0, 0.05) is 18.0 Å². The minimum Gasteiger partial charge on any atom is -0.345 e. The average Bonchev–Trinajstić information content (AvgIpc) is 3.40. The van der Waals surface area contributed by atoms with Crippen molar-refractivity contribution < 1.29 is 9.59 Å². The van der Waals surface area contributed by atoms with Crippen molar-refractivity contribution in [1.29, 1.82) is 0 Å². The molecule has 1 fully saturated rings. The second kappa shape index (κ2) is 8.48. The van der Waals surface area contributed by atoms with Gasteiger partial charge in [0.2, 0.25) is 5.91 Å². The van der Waals surface area contributed by atoms with Crippen molar-refractivity contribution in [2.75, 3.05) is 18.8 Å². The molecule has 0 radical (unpaired) electrons. The summed E-state index contributed by atoms with van der Waals surface area (Å²) in [5, 5.41) is 2.92. The van der Waals surface area contributed by atoms with Crippen molar-refractivity contribution in [2.24, 2.45) is 0 Å². The third-order valence-corrected chi connectivity index (χ3v) is 5.85. The highest BCUT2D eigenvalue weighted by molar-refractivity contribution is 8.00. The maximum absolute atomic E-state index is 12.7. The van der Waals surface area contributed by atoms with Gasteiger partial charge in [0.05, 0.1) is 28.9 Å². The zero-order valence-corrected chi connectivity index (χ0v) is 16.3. The van der Waals surface area contributed by atoms with Crippen LogP contribution in [0.2, 0.25) is 0 Å². The van der Waals surface area contributed by atoms with Crippen LogP contribution in [0, 0.1) is 0 Å². The summed E-state index contributed by atoms with van der Waals surface area (Å²) in [5.41, 5.74) is 2.41. The number of thioether (sulfide) groups is 1. The van der Waals surface area contributed by atoms with Crippen molar-refractivity contribution >= 4 is 34.6 Å². The molecule has 0 saturated carbocycles. The van der Waals surface area contributed by atoms with Gasteiger partial charge in [-0.25, -0.2) is 4.98 Å². The topological polar surface area (TPSA) is 78.1 Å². The SMILES string of the molecule is O=C(NCc1nc2ccccc2[nH]1)c1ccccc1SCC(=O)N1CCCC1. The summed E-state index contributed by atoms with van der Waals surface area (Å²) in [6.45, 7) is 2.01. The standard InChI is InChI=1S/C21H22N4O2S/c26-20(25-11-5-6-12-25)14-28-18-10-4-1-7-15(18)21(27)22-13-19-23-16-8-2-3-9-17(16)24-19/h1-4,7-10H,5-6,11-14H2,(H,22,27)(H,23,24). The summed E-state index contributed by atoms with van der Waals surface area (Å²) in [6.07, 6.45) is 2.16. The molecule has 1 aromatic heterocycles. The molecule has 28 heavy (non-hydrogen) atoms. The Morgan fingerprint density at radius 2 is 1.82 bits per heavy atom. The first kappa shape index (κ1) is 18.6. The van der Waals surface area contributed by atoms with Gasteiger partial charge in [-0.2, -0.15) is 0 Å². The number of aromatic amines is 1. The molecule has 2 heterocycles. The second-order valence-corrected chi connectivity index (χ2v) is 7.77. The summed E-state index contributed by atoms with van der Waals surface area (Å²) >= 11 is 1.42. The van der Waals surface area contributed by atoms with Gasteiger partial charge in [-0.1, -0.05) is 24.3 Å². The van der Waals surface area contributed by atoms with Gasteiger partial charge in [0.25, 0.3) is 5.91 Å². The molecule has 1 aliphatic rings. The lowest BCUT2D eigenvalue weighted by atomic mass is 10.2. The molecular weight excluding hydrogens is 372 g/mol. The van der Waals surface area contributed by atoms with Gasteiger partial charge < -0.3 is 15.2 Å². The van der Waals surface area contributed by atoms with E-state index in [4.69, 9.17) is 0 Å². The lowest BCUT2D eigenvalue weighted by Crippen LogP contribution is -2.29. The van der Waals surface area contributed by atoms with Gasteiger partial charge in [-0.15, -0.1) is 11.8 Å². The quantitative estimate of drug-likeness (QED) is 0.630. The molecule has 0 atom stereocenters. The highest BCUT2D eigenvalue weighted by Crippen LogP contribution is 2.24. The minimum absolute atomic E-state index is 0.139. The fourth-order valence-corrected chi connectivity index (χ4v) is 4.28. The zero-order valence-electron chi connectivity index (χ0n) is 15.5. The van der Waals surface area contributed by atoms with Gasteiger partial charge in [0.15, 0.2) is 0 Å². The number of amides is 2. The Bertz CT molecular complexity index is 962. The number of nitrogens with one attached hydrogen (secondary N) is 2. The lowest BCUT2D eigenvalue weighted by Gasteiger charge is -2.15. The predicted octanol–water partition coefficient (Wildman–Crippen LogP) is 3.21. The minimum atomic E-state index is -0.169. The van der Waals surface area contributed by atoms with Crippen LogP contribution in [0.15, 0.2) is 53.4 Å². The van der Waals surface area contributed by atoms with Gasteiger partial charge in [-0.05, 0) is 37.1 Å². The summed E-state index contributed by atoms with van der Waals surface area (Å²) in [6, 6.07) is 15.2. The number of H-pyrrole nitrogens is 1. The smallest absolute Gasteiger partial charge is 0.252 e. The first-order valence-corrected chi connectivity index (χ1v) is 10.4. The predicted molar refractivity (Wildman–Crippen MR) is 110 cm³/mol. The van der Waals surface area contributed by atoms with E-state index in [9.17, 15) is 9.59 Å². The first-order valence-electron chi connectivity index (χ1n) is 9.42. The number of aromatic nitrogens is 2. The number of carbonyl (C=O) groups is 2. The van der Waals surface area contributed by atoms with Crippen LogP contribution < -0.4 is 5.32 Å². The molecule has 7 heteroatoms. The highest BCUT2D eigenvalue weighted by Gasteiger charge is 2.19. The molecular formula is C21H22N4O2S. The molecule has 144 valence electrons. The molecule has 2 N–H and O–H groups in total. The Morgan fingerprint density at radius 1 is 1.07 bits per heavy atom. The van der Waals surface area contributed by atoms with Crippen LogP contribution in [0.4, 0.5) is 0 Å². The molecule has 0 unspecified atom stereocenters. The molecule has 0 aliphatic carbocycles. The van der Waals surface area contributed by atoms with Crippen molar-refractivity contribution in [2.45, 2.75) is 24.3 Å². The summed E-state index contributed by atoms with van der Waals surface area (Å²) < 4.78 is 0. The van der Waals surface area contributed by atoms with Crippen molar-refractivity contribution in [3.8, 4) is 0 Å². The van der Waals surface area contributed by atoms with Crippen molar-refractivity contribution in [3.05, 3.63) is 59.9 Å². The number of para-hydroxylation sites is 2. The van der Waals surface area contributed by atoms with Gasteiger partial charge in [0.1, 0.15) is 5.82 Å². The second-order valence-electron chi connectivity index (χ2n) is 6.76. The number of hydrogen-bond donors (Lipinski definition) is 2. The third kappa shape index (κ3) is 4.20. The first-order chi connectivity index (χ1) is 13.7. The Labute approximate surface area is 167 Å². The van der Waals surface area contributed by atoms with Crippen LogP contribution in [0.25, 0.3) is 11.0 Å². The van der Waals surface area contributed by atoms with E-state index in [1.807, 2.05) is 47.4 Å². The van der Waals surface area contributed by atoms with Crippen LogP contribution in [-0.4, -0.2) is 45.5 Å². The van der Waals surface area contributed by atoms with E-state index >= 15 is 0 Å². The van der Waals surface area contributed by atoms with E-state index in [-0.39, 0.29) is 11.8 Å². The summed E-state index contributed by atoms with van der Waals surface area (Å²) in [4.78, 5) is 35.4. The Balaban J connectivity index is 1.39. The molecule has 0 bridgehead atoms. The average molecular weight is 395 g/mol. The summed E-state index contributed by atoms with van der Waals surface area (Å²) in [5.74, 6) is 1.04. The van der Waals surface area contributed by atoms with E-state index in [2.05, 4.69) is 15.3 Å². The van der Waals surface area contributed by atoms with E-state index in [1.54, 1.807) is 6.07 Å². The number of imidazole rings is 1. The van der Waals surface area contributed by atoms with Gasteiger partial charge >= 0.3 is 0 Å². The van der Waals surface area contributed by atoms with Crippen LogP contribution >= 0.6 is 11.8 Å². The van der Waals surface area contributed by atoms with Crippen LogP contribution in [-0.2, 0) is 11.3 Å². The molecule has 6 nitrogen and oxygen atoms in total. The number of carbonyl (C=O) groups excluding carboxylic acids is 2. The highest BCUT2D eigenvalue weighted by atomic mass is 32.2. The molecule has 2 amide bonds. The maximum atomic E-state index is 12.7. The van der Waals surface area contributed by atoms with Crippen LogP contribution in [0.3, 0.4) is 0 Å². The van der Waals surface area contributed by atoms with E-state index in [1.165, 1.54) is 11.8 Å². The number of hydrogen-bond acceptors (Lipinski definition) is 4. The number of fused-ring (bicyclic) bond motifs is 1. The van der Waals surface area contributed by atoms with E-state index in [0.717, 1.165) is 41.9 Å². The normalized spacial score (nSPS) is 13.8. The lowest BCUT2D eigenvalue weighted by molar-refractivity contribution is -0.127. The Kier molecular flexibility index (Phi) is 5.62. The molecule has 1 aliphatic heterocycles. The van der Waals surface area contributed by atoms with Gasteiger partial charge in [-0.3, -0.25) is 9.59 Å². The fourth-order valence-electron chi connectivity index (χ4n) is 3.33. The third-order valence-electron chi connectivity index (χ3n) is 4.80. The van der Waals surface area contributed by atoms with Crippen LogP contribution in [0.5, 0.6) is 0 Å².